The molecule has 0 aromatic heterocycles. The van der Waals surface area contributed by atoms with Crippen molar-refractivity contribution in [3.8, 4) is 11.8 Å². The number of nitrogens with one attached hydrogen (secondary N) is 1. The third kappa shape index (κ3) is 4.85. The molecule has 0 heterocycles. The highest BCUT2D eigenvalue weighted by Crippen LogP contribution is 2.13. The lowest BCUT2D eigenvalue weighted by molar-refractivity contribution is 0.482. The van der Waals surface area contributed by atoms with Crippen LogP contribution in [0.3, 0.4) is 0 Å². The van der Waals surface area contributed by atoms with Crippen molar-refractivity contribution in [3.05, 3.63) is 35.4 Å². The van der Waals surface area contributed by atoms with E-state index in [2.05, 4.69) is 17.2 Å². The molecule has 0 aliphatic carbocycles. The van der Waals surface area contributed by atoms with Crippen molar-refractivity contribution in [2.45, 2.75) is 39.2 Å². The monoisotopic (exact) mass is 251 g/mol. The Morgan fingerprint density at radius 1 is 1.33 bits per heavy atom. The Bertz CT molecular complexity index is 432. The van der Waals surface area contributed by atoms with Crippen LogP contribution in [0.15, 0.2) is 18.2 Å². The van der Waals surface area contributed by atoms with E-state index >= 15 is 0 Å². The van der Waals surface area contributed by atoms with Gasteiger partial charge in [0, 0.05) is 18.5 Å². The molecule has 18 heavy (non-hydrogen) atoms. The molecule has 0 bridgehead atoms. The van der Waals surface area contributed by atoms with Crippen LogP contribution in [0.5, 0.6) is 0 Å². The zero-order valence-electron chi connectivity index (χ0n) is 10.9. The van der Waals surface area contributed by atoms with Crippen LogP contribution in [0.4, 0.5) is 8.78 Å². The fraction of sp³-hybridized carbons (Fsp3) is 0.467. The summed E-state index contributed by atoms with van der Waals surface area (Å²) in [6.07, 6.45) is 2.22. The summed E-state index contributed by atoms with van der Waals surface area (Å²) >= 11 is 0. The predicted octanol–water partition coefficient (Wildman–Crippen LogP) is 3.29. The van der Waals surface area contributed by atoms with Crippen LogP contribution >= 0.6 is 0 Å². The van der Waals surface area contributed by atoms with Crippen LogP contribution in [0, 0.1) is 23.5 Å². The van der Waals surface area contributed by atoms with Crippen LogP contribution in [0.1, 0.15) is 32.3 Å². The second-order valence-electron chi connectivity index (χ2n) is 4.16. The second-order valence-corrected chi connectivity index (χ2v) is 4.16. The standard InChI is InChI=1S/C15H19F2N/c1-3-5-6-7-14(18-4-2)10-12-8-9-13(16)11-15(12)17/h8-9,11,14,18H,4,6-7,10H2,1-2H3. The van der Waals surface area contributed by atoms with Gasteiger partial charge in [0.2, 0.25) is 0 Å². The molecule has 3 heteroatoms. The first-order valence-electron chi connectivity index (χ1n) is 6.24. The number of benzene rings is 1. The van der Waals surface area contributed by atoms with E-state index < -0.39 is 11.6 Å². The van der Waals surface area contributed by atoms with Gasteiger partial charge in [-0.3, -0.25) is 0 Å². The van der Waals surface area contributed by atoms with Gasteiger partial charge in [-0.15, -0.1) is 11.8 Å². The minimum atomic E-state index is -0.534. The van der Waals surface area contributed by atoms with Crippen LogP contribution in [0.25, 0.3) is 0 Å². The number of rotatable bonds is 6. The first kappa shape index (κ1) is 14.7. The molecule has 0 saturated carbocycles. The van der Waals surface area contributed by atoms with Gasteiger partial charge in [-0.1, -0.05) is 13.0 Å². The summed E-state index contributed by atoms with van der Waals surface area (Å²) < 4.78 is 26.4. The highest BCUT2D eigenvalue weighted by molar-refractivity contribution is 5.19. The van der Waals surface area contributed by atoms with Gasteiger partial charge in [-0.2, -0.15) is 0 Å². The molecule has 0 spiro atoms. The molecule has 0 amide bonds. The summed E-state index contributed by atoms with van der Waals surface area (Å²) in [6.45, 7) is 4.65. The number of hydrogen-bond donors (Lipinski definition) is 1. The molecule has 98 valence electrons. The number of hydrogen-bond acceptors (Lipinski definition) is 1. The van der Waals surface area contributed by atoms with Crippen molar-refractivity contribution >= 4 is 0 Å². The van der Waals surface area contributed by atoms with Crippen LogP contribution < -0.4 is 5.32 Å². The molecule has 0 saturated heterocycles. The van der Waals surface area contributed by atoms with Gasteiger partial charge < -0.3 is 5.32 Å². The third-order valence-corrected chi connectivity index (χ3v) is 2.77. The smallest absolute Gasteiger partial charge is 0.129 e. The molecule has 1 aromatic carbocycles. The van der Waals surface area contributed by atoms with E-state index in [0.717, 1.165) is 25.5 Å². The molecule has 1 nitrogen and oxygen atoms in total. The van der Waals surface area contributed by atoms with Crippen LogP contribution in [-0.2, 0) is 6.42 Å². The molecule has 1 unspecified atom stereocenters. The maximum atomic E-state index is 13.5. The molecule has 0 aliphatic rings. The van der Waals surface area contributed by atoms with Crippen LogP contribution in [0.2, 0.25) is 0 Å². The lowest BCUT2D eigenvalue weighted by atomic mass is 10.0. The van der Waals surface area contributed by atoms with E-state index in [9.17, 15) is 8.78 Å². The van der Waals surface area contributed by atoms with E-state index in [1.54, 1.807) is 0 Å². The van der Waals surface area contributed by atoms with E-state index in [0.29, 0.717) is 12.0 Å². The van der Waals surface area contributed by atoms with E-state index in [4.69, 9.17) is 0 Å². The van der Waals surface area contributed by atoms with Crippen molar-refractivity contribution in [2.24, 2.45) is 0 Å². The first-order valence-corrected chi connectivity index (χ1v) is 6.24. The van der Waals surface area contributed by atoms with Gasteiger partial charge in [0.15, 0.2) is 0 Å². The van der Waals surface area contributed by atoms with Crippen molar-refractivity contribution < 1.29 is 8.78 Å². The van der Waals surface area contributed by atoms with Gasteiger partial charge in [0.1, 0.15) is 11.6 Å². The molecular formula is C15H19F2N. The van der Waals surface area contributed by atoms with Crippen molar-refractivity contribution in [2.75, 3.05) is 6.54 Å². The SMILES string of the molecule is CC#CCCC(Cc1ccc(F)cc1F)NCC. The van der Waals surface area contributed by atoms with Gasteiger partial charge in [0.05, 0.1) is 0 Å². The molecule has 1 rings (SSSR count). The van der Waals surface area contributed by atoms with E-state index in [1.165, 1.54) is 12.1 Å². The third-order valence-electron chi connectivity index (χ3n) is 2.77. The van der Waals surface area contributed by atoms with Crippen LogP contribution in [-0.4, -0.2) is 12.6 Å². The van der Waals surface area contributed by atoms with Gasteiger partial charge in [-0.05, 0) is 37.9 Å². The molecule has 1 aromatic rings. The Morgan fingerprint density at radius 2 is 2.11 bits per heavy atom. The minimum Gasteiger partial charge on any atom is -0.314 e. The summed E-state index contributed by atoms with van der Waals surface area (Å²) in [5.41, 5.74) is 0.548. The predicted molar refractivity (Wildman–Crippen MR) is 70.2 cm³/mol. The second kappa shape index (κ2) is 7.84. The lowest BCUT2D eigenvalue weighted by Crippen LogP contribution is -2.31. The summed E-state index contributed by atoms with van der Waals surface area (Å²) in [7, 11) is 0. The zero-order chi connectivity index (χ0) is 13.4. The highest BCUT2D eigenvalue weighted by Gasteiger charge is 2.11. The van der Waals surface area contributed by atoms with Crippen molar-refractivity contribution in [3.63, 3.8) is 0 Å². The van der Waals surface area contributed by atoms with Gasteiger partial charge >= 0.3 is 0 Å². The average Bonchev–Trinajstić information content (AvgIpc) is 2.33. The zero-order valence-corrected chi connectivity index (χ0v) is 10.9. The fourth-order valence-electron chi connectivity index (χ4n) is 1.89. The topological polar surface area (TPSA) is 12.0 Å². The summed E-state index contributed by atoms with van der Waals surface area (Å²) in [6, 6.07) is 3.92. The van der Waals surface area contributed by atoms with Gasteiger partial charge in [-0.25, -0.2) is 8.78 Å². The number of halogens is 2. The quantitative estimate of drug-likeness (QED) is 0.765. The summed E-state index contributed by atoms with van der Waals surface area (Å²) in [5.74, 6) is 4.84. The van der Waals surface area contributed by atoms with E-state index in [1.807, 2.05) is 13.8 Å². The number of likely N-dealkylation sites (N-methyl/N-ethyl adjacent to an activating group) is 1. The maximum Gasteiger partial charge on any atom is 0.129 e. The Labute approximate surface area is 108 Å². The molecule has 1 N–H and O–H groups in total. The maximum absolute atomic E-state index is 13.5. The molecule has 0 fully saturated rings. The average molecular weight is 251 g/mol. The molecule has 0 radical (unpaired) electrons. The Kier molecular flexibility index (Phi) is 6.38. The minimum absolute atomic E-state index is 0.177. The van der Waals surface area contributed by atoms with Crippen molar-refractivity contribution in [1.82, 2.24) is 5.32 Å². The van der Waals surface area contributed by atoms with E-state index in [-0.39, 0.29) is 6.04 Å². The molecular weight excluding hydrogens is 232 g/mol. The normalized spacial score (nSPS) is 11.8. The first-order chi connectivity index (χ1) is 8.67. The van der Waals surface area contributed by atoms with Gasteiger partial charge in [0.25, 0.3) is 0 Å². The Balaban J connectivity index is 2.65. The Morgan fingerprint density at radius 3 is 2.72 bits per heavy atom. The highest BCUT2D eigenvalue weighted by atomic mass is 19.1. The molecule has 0 aliphatic heterocycles. The molecule has 1 atom stereocenters. The summed E-state index contributed by atoms with van der Waals surface area (Å²) in [5, 5.41) is 3.30. The largest absolute Gasteiger partial charge is 0.314 e. The van der Waals surface area contributed by atoms with Crippen molar-refractivity contribution in [1.29, 1.82) is 0 Å². The fourth-order valence-corrected chi connectivity index (χ4v) is 1.89. The lowest BCUT2D eigenvalue weighted by Gasteiger charge is -2.17. The Hall–Kier alpha value is -1.40. The summed E-state index contributed by atoms with van der Waals surface area (Å²) in [4.78, 5) is 0.